The Morgan fingerprint density at radius 2 is 2.36 bits per heavy atom. The standard InChI is InChI=1S/C12H9BrN6O3/c1-7-4-10(18-12(16-7)9(13)6-15-18)17-14-5-8-2-3-11(22-8)19(20)21/h2-6,17H,1H3/b14-5+. The van der Waals surface area contributed by atoms with Crippen LogP contribution in [0.25, 0.3) is 5.65 Å². The molecule has 0 aliphatic rings. The van der Waals surface area contributed by atoms with Crippen molar-refractivity contribution in [1.29, 1.82) is 0 Å². The van der Waals surface area contributed by atoms with Gasteiger partial charge in [-0.1, -0.05) is 0 Å². The zero-order valence-corrected chi connectivity index (χ0v) is 12.8. The first-order valence-corrected chi connectivity index (χ1v) is 6.88. The Labute approximate surface area is 131 Å². The smallest absolute Gasteiger partial charge is 0.400 e. The van der Waals surface area contributed by atoms with Gasteiger partial charge in [0.15, 0.2) is 17.2 Å². The van der Waals surface area contributed by atoms with E-state index in [0.29, 0.717) is 11.5 Å². The first-order chi connectivity index (χ1) is 10.5. The quantitative estimate of drug-likeness (QED) is 0.432. The summed E-state index contributed by atoms with van der Waals surface area (Å²) in [5.74, 6) is 0.535. The molecule has 0 bridgehead atoms. The van der Waals surface area contributed by atoms with E-state index in [1.807, 2.05) is 6.92 Å². The molecule has 0 fully saturated rings. The van der Waals surface area contributed by atoms with E-state index < -0.39 is 4.92 Å². The van der Waals surface area contributed by atoms with Crippen molar-refractivity contribution in [3.8, 4) is 0 Å². The fraction of sp³-hybridized carbons (Fsp3) is 0.0833. The van der Waals surface area contributed by atoms with Crippen LogP contribution in [0.5, 0.6) is 0 Å². The number of fused-ring (bicyclic) bond motifs is 1. The predicted octanol–water partition coefficient (Wildman–Crippen LogP) is 2.75. The summed E-state index contributed by atoms with van der Waals surface area (Å²) in [4.78, 5) is 14.3. The highest BCUT2D eigenvalue weighted by atomic mass is 79.9. The molecule has 3 aromatic heterocycles. The molecule has 3 rings (SSSR count). The maximum absolute atomic E-state index is 10.5. The van der Waals surface area contributed by atoms with Crippen LogP contribution in [-0.2, 0) is 0 Å². The van der Waals surface area contributed by atoms with Gasteiger partial charge in [0.1, 0.15) is 4.92 Å². The van der Waals surface area contributed by atoms with Gasteiger partial charge >= 0.3 is 5.88 Å². The van der Waals surface area contributed by atoms with Gasteiger partial charge in [-0.2, -0.15) is 14.7 Å². The number of nitrogens with zero attached hydrogens (tertiary/aromatic N) is 5. The molecule has 10 heteroatoms. The molecule has 0 spiro atoms. The second-order valence-corrected chi connectivity index (χ2v) is 5.17. The molecular weight excluding hydrogens is 356 g/mol. The summed E-state index contributed by atoms with van der Waals surface area (Å²) < 4.78 is 7.32. The third-order valence-corrected chi connectivity index (χ3v) is 3.28. The summed E-state index contributed by atoms with van der Waals surface area (Å²) in [6.45, 7) is 1.85. The van der Waals surface area contributed by atoms with Crippen LogP contribution in [0.1, 0.15) is 11.5 Å². The number of aryl methyl sites for hydroxylation is 1. The maximum Gasteiger partial charge on any atom is 0.433 e. The van der Waals surface area contributed by atoms with E-state index in [1.54, 1.807) is 16.8 Å². The Hall–Kier alpha value is -2.75. The molecule has 0 aliphatic heterocycles. The number of rotatable bonds is 4. The molecule has 0 saturated heterocycles. The van der Waals surface area contributed by atoms with E-state index >= 15 is 0 Å². The monoisotopic (exact) mass is 364 g/mol. The summed E-state index contributed by atoms with van der Waals surface area (Å²) in [5, 5.41) is 18.7. The van der Waals surface area contributed by atoms with Gasteiger partial charge in [0, 0.05) is 11.8 Å². The highest BCUT2D eigenvalue weighted by Crippen LogP contribution is 2.20. The fourth-order valence-corrected chi connectivity index (χ4v) is 2.16. The van der Waals surface area contributed by atoms with Crippen LogP contribution in [0.15, 0.2) is 38.4 Å². The van der Waals surface area contributed by atoms with Crippen molar-refractivity contribution in [3.63, 3.8) is 0 Å². The lowest BCUT2D eigenvalue weighted by atomic mass is 10.4. The third-order valence-electron chi connectivity index (χ3n) is 2.72. The van der Waals surface area contributed by atoms with E-state index in [0.717, 1.165) is 10.2 Å². The van der Waals surface area contributed by atoms with Crippen LogP contribution >= 0.6 is 15.9 Å². The molecule has 1 N–H and O–H groups in total. The topological polar surface area (TPSA) is 111 Å². The lowest BCUT2D eigenvalue weighted by molar-refractivity contribution is -0.402. The maximum atomic E-state index is 10.5. The number of hydrogen-bond acceptors (Lipinski definition) is 7. The number of nitrogens with one attached hydrogen (secondary N) is 1. The number of hydrazone groups is 1. The summed E-state index contributed by atoms with van der Waals surface area (Å²) in [5.41, 5.74) is 4.26. The second kappa shape index (κ2) is 5.56. The lowest BCUT2D eigenvalue weighted by Gasteiger charge is -2.04. The van der Waals surface area contributed by atoms with Gasteiger partial charge < -0.3 is 4.42 Å². The Kier molecular flexibility index (Phi) is 3.59. The van der Waals surface area contributed by atoms with Crippen molar-refractivity contribution in [2.75, 3.05) is 5.43 Å². The molecule has 3 aromatic rings. The average Bonchev–Trinajstić information content (AvgIpc) is 3.07. The molecule has 0 atom stereocenters. The number of hydrogen-bond donors (Lipinski definition) is 1. The van der Waals surface area contributed by atoms with Gasteiger partial charge in [0.2, 0.25) is 0 Å². The molecule has 0 radical (unpaired) electrons. The van der Waals surface area contributed by atoms with Gasteiger partial charge in [-0.3, -0.25) is 15.5 Å². The van der Waals surface area contributed by atoms with E-state index in [9.17, 15) is 10.1 Å². The zero-order chi connectivity index (χ0) is 15.7. The van der Waals surface area contributed by atoms with Gasteiger partial charge in [-0.25, -0.2) is 4.98 Å². The van der Waals surface area contributed by atoms with Crippen LogP contribution < -0.4 is 5.43 Å². The summed E-state index contributed by atoms with van der Waals surface area (Å²) >= 11 is 3.37. The molecule has 0 amide bonds. The van der Waals surface area contributed by atoms with Crippen LogP contribution in [0.4, 0.5) is 11.7 Å². The van der Waals surface area contributed by atoms with Gasteiger partial charge in [-0.15, -0.1) is 0 Å². The van der Waals surface area contributed by atoms with E-state index in [2.05, 4.69) is 36.5 Å². The Morgan fingerprint density at radius 1 is 1.55 bits per heavy atom. The van der Waals surface area contributed by atoms with Crippen molar-refractivity contribution in [1.82, 2.24) is 14.6 Å². The zero-order valence-electron chi connectivity index (χ0n) is 11.2. The molecule has 112 valence electrons. The van der Waals surface area contributed by atoms with Gasteiger partial charge in [-0.05, 0) is 28.9 Å². The van der Waals surface area contributed by atoms with Crippen LogP contribution in [0, 0.1) is 17.0 Å². The number of halogens is 1. The Balaban J connectivity index is 1.84. The minimum absolute atomic E-state index is 0.267. The van der Waals surface area contributed by atoms with Crippen molar-refractivity contribution >= 4 is 39.5 Å². The molecule has 0 unspecified atom stereocenters. The largest absolute Gasteiger partial charge is 0.433 e. The number of anilines is 1. The van der Waals surface area contributed by atoms with Crippen LogP contribution in [0.3, 0.4) is 0 Å². The summed E-state index contributed by atoms with van der Waals surface area (Å²) in [6, 6.07) is 4.50. The van der Waals surface area contributed by atoms with Gasteiger partial charge in [0.25, 0.3) is 0 Å². The number of furan rings is 1. The van der Waals surface area contributed by atoms with Crippen molar-refractivity contribution in [2.45, 2.75) is 6.92 Å². The molecule has 22 heavy (non-hydrogen) atoms. The van der Waals surface area contributed by atoms with Crippen LogP contribution in [-0.4, -0.2) is 25.7 Å². The number of nitro groups is 1. The highest BCUT2D eigenvalue weighted by Gasteiger charge is 2.10. The first-order valence-electron chi connectivity index (χ1n) is 6.09. The summed E-state index contributed by atoms with van der Waals surface area (Å²) in [7, 11) is 0. The van der Waals surface area contributed by atoms with Crippen molar-refractivity contribution in [3.05, 3.63) is 50.4 Å². The molecular formula is C12H9BrN6O3. The van der Waals surface area contributed by atoms with E-state index in [-0.39, 0.29) is 11.6 Å². The molecule has 3 heterocycles. The average molecular weight is 365 g/mol. The minimum Gasteiger partial charge on any atom is -0.400 e. The third kappa shape index (κ3) is 2.68. The minimum atomic E-state index is -0.609. The van der Waals surface area contributed by atoms with Gasteiger partial charge in [0.05, 0.1) is 23.0 Å². The Bertz CT molecular complexity index is 884. The van der Waals surface area contributed by atoms with E-state index in [1.165, 1.54) is 18.3 Å². The first kappa shape index (κ1) is 14.2. The molecule has 9 nitrogen and oxygen atoms in total. The lowest BCUT2D eigenvalue weighted by Crippen LogP contribution is -2.02. The second-order valence-electron chi connectivity index (χ2n) is 4.31. The normalized spacial score (nSPS) is 11.4. The summed E-state index contributed by atoms with van der Waals surface area (Å²) in [6.07, 6.45) is 2.97. The van der Waals surface area contributed by atoms with E-state index in [4.69, 9.17) is 4.42 Å². The number of aromatic nitrogens is 3. The van der Waals surface area contributed by atoms with Crippen molar-refractivity contribution in [2.24, 2.45) is 5.10 Å². The SMILES string of the molecule is Cc1cc(N/N=C/c2ccc([N+](=O)[O-])o2)n2ncc(Br)c2n1. The fourth-order valence-electron chi connectivity index (χ4n) is 1.81. The van der Waals surface area contributed by atoms with Crippen LogP contribution in [0.2, 0.25) is 0 Å². The highest BCUT2D eigenvalue weighted by molar-refractivity contribution is 9.10. The molecule has 0 aromatic carbocycles. The molecule has 0 saturated carbocycles. The molecule has 0 aliphatic carbocycles. The van der Waals surface area contributed by atoms with Crippen molar-refractivity contribution < 1.29 is 9.34 Å². The Morgan fingerprint density at radius 3 is 3.09 bits per heavy atom. The predicted molar refractivity (Wildman–Crippen MR) is 82.0 cm³/mol.